The first-order valence-electron chi connectivity index (χ1n) is 8.69. The normalized spacial score (nSPS) is 23.9. The number of methoxy groups -OCH3 is 2. The first-order valence-corrected chi connectivity index (χ1v) is 8.69. The van der Waals surface area contributed by atoms with Crippen LogP contribution in [0, 0.1) is 6.92 Å². The van der Waals surface area contributed by atoms with E-state index >= 15 is 0 Å². The molecule has 0 amide bonds. The number of fused-ring (bicyclic) bond motifs is 2. The maximum absolute atomic E-state index is 12.6. The molecule has 6 nitrogen and oxygen atoms in total. The van der Waals surface area contributed by atoms with Gasteiger partial charge in [0.15, 0.2) is 0 Å². The number of carbonyl (C=O) groups is 2. The van der Waals surface area contributed by atoms with Crippen molar-refractivity contribution in [3.63, 3.8) is 0 Å². The van der Waals surface area contributed by atoms with Gasteiger partial charge in [0.2, 0.25) is 0 Å². The van der Waals surface area contributed by atoms with Gasteiger partial charge in [-0.15, -0.1) is 6.58 Å². The first-order chi connectivity index (χ1) is 13.0. The molecular weight excluding hydrogens is 346 g/mol. The first kappa shape index (κ1) is 18.9. The Morgan fingerprint density at radius 3 is 2.52 bits per heavy atom. The molecule has 3 rings (SSSR count). The Hall–Kier alpha value is -2.86. The average Bonchev–Trinajstić information content (AvgIpc) is 3.25. The summed E-state index contributed by atoms with van der Waals surface area (Å²) in [4.78, 5) is 24.9. The minimum absolute atomic E-state index is 0.177. The molecule has 1 aromatic carbocycles. The summed E-state index contributed by atoms with van der Waals surface area (Å²) in [6.45, 7) is 5.83. The molecule has 0 spiro atoms. The Bertz CT molecular complexity index is 823. The molecule has 0 saturated heterocycles. The van der Waals surface area contributed by atoms with Crippen LogP contribution in [0.2, 0.25) is 0 Å². The number of rotatable bonds is 7. The molecule has 2 aliphatic rings. The van der Waals surface area contributed by atoms with Crippen molar-refractivity contribution in [2.75, 3.05) is 19.5 Å². The fourth-order valence-electron chi connectivity index (χ4n) is 3.60. The van der Waals surface area contributed by atoms with Crippen LogP contribution >= 0.6 is 0 Å². The van der Waals surface area contributed by atoms with E-state index in [0.717, 1.165) is 11.3 Å². The van der Waals surface area contributed by atoms with Crippen LogP contribution in [0.4, 0.5) is 5.69 Å². The number of hydrogen-bond donors (Lipinski definition) is 1. The lowest BCUT2D eigenvalue weighted by Crippen LogP contribution is -2.48. The Kier molecular flexibility index (Phi) is 5.19. The zero-order chi connectivity index (χ0) is 19.6. The van der Waals surface area contributed by atoms with Crippen LogP contribution in [0.1, 0.15) is 12.0 Å². The SMILES string of the molecule is C=CC[C@@H](Nc1ccc(C)cc1)C12C=CC(O1)C(C(=O)OC)=C2C(=O)OC. The summed E-state index contributed by atoms with van der Waals surface area (Å²) >= 11 is 0. The maximum Gasteiger partial charge on any atom is 0.337 e. The van der Waals surface area contributed by atoms with Crippen LogP contribution in [-0.4, -0.2) is 43.9 Å². The second kappa shape index (κ2) is 7.40. The van der Waals surface area contributed by atoms with Crippen molar-refractivity contribution in [1.82, 2.24) is 0 Å². The van der Waals surface area contributed by atoms with E-state index < -0.39 is 23.6 Å². The minimum Gasteiger partial charge on any atom is -0.466 e. The number of benzene rings is 1. The van der Waals surface area contributed by atoms with E-state index in [4.69, 9.17) is 14.2 Å². The van der Waals surface area contributed by atoms with Crippen molar-refractivity contribution in [1.29, 1.82) is 0 Å². The predicted octanol–water partition coefficient (Wildman–Crippen LogP) is 2.70. The van der Waals surface area contributed by atoms with Crippen LogP contribution in [0.5, 0.6) is 0 Å². The standard InChI is InChI=1S/C21H23NO5/c1-5-6-16(22-14-9-7-13(2)8-10-14)21-12-11-15(27-21)17(19(23)25-3)18(21)20(24)26-4/h5,7-12,15-16,22H,1,6H2,2-4H3/t15?,16-,21?/m1/s1. The van der Waals surface area contributed by atoms with Gasteiger partial charge in [-0.25, -0.2) is 9.59 Å². The number of anilines is 1. The van der Waals surface area contributed by atoms with Crippen molar-refractivity contribution < 1.29 is 23.8 Å². The Morgan fingerprint density at radius 2 is 1.93 bits per heavy atom. The monoisotopic (exact) mass is 369 g/mol. The third-order valence-corrected chi connectivity index (χ3v) is 4.89. The lowest BCUT2D eigenvalue weighted by Gasteiger charge is -2.35. The zero-order valence-electron chi connectivity index (χ0n) is 15.7. The molecule has 0 fully saturated rings. The Morgan fingerprint density at radius 1 is 1.26 bits per heavy atom. The summed E-state index contributed by atoms with van der Waals surface area (Å²) in [5.74, 6) is -1.21. The number of aryl methyl sites for hydroxylation is 1. The predicted molar refractivity (Wildman–Crippen MR) is 101 cm³/mol. The maximum atomic E-state index is 12.6. The number of hydrogen-bond acceptors (Lipinski definition) is 6. The number of esters is 2. The molecule has 6 heteroatoms. The van der Waals surface area contributed by atoms with Gasteiger partial charge in [-0.1, -0.05) is 29.8 Å². The van der Waals surface area contributed by atoms with Crippen molar-refractivity contribution in [2.24, 2.45) is 0 Å². The largest absolute Gasteiger partial charge is 0.466 e. The third-order valence-electron chi connectivity index (χ3n) is 4.89. The molecule has 3 atom stereocenters. The van der Waals surface area contributed by atoms with Gasteiger partial charge in [0.25, 0.3) is 0 Å². The van der Waals surface area contributed by atoms with Crippen LogP contribution in [0.3, 0.4) is 0 Å². The molecule has 1 aromatic rings. The van der Waals surface area contributed by atoms with Crippen LogP contribution in [0.15, 0.2) is 60.2 Å². The molecule has 2 bridgehead atoms. The summed E-state index contributed by atoms with van der Waals surface area (Å²) in [5.41, 5.74) is 1.24. The Balaban J connectivity index is 2.06. The third kappa shape index (κ3) is 3.17. The summed E-state index contributed by atoms with van der Waals surface area (Å²) in [6, 6.07) is 7.52. The summed E-state index contributed by atoms with van der Waals surface area (Å²) in [7, 11) is 2.56. The van der Waals surface area contributed by atoms with Crippen molar-refractivity contribution in [3.8, 4) is 0 Å². The molecule has 0 aromatic heterocycles. The smallest absolute Gasteiger partial charge is 0.337 e. The molecule has 2 heterocycles. The van der Waals surface area contributed by atoms with E-state index in [1.807, 2.05) is 37.3 Å². The number of carbonyl (C=O) groups excluding carboxylic acids is 2. The second-order valence-electron chi connectivity index (χ2n) is 6.55. The topological polar surface area (TPSA) is 73.9 Å². The highest BCUT2D eigenvalue weighted by Crippen LogP contribution is 2.47. The van der Waals surface area contributed by atoms with E-state index in [0.29, 0.717) is 6.42 Å². The van der Waals surface area contributed by atoms with E-state index in [1.54, 1.807) is 12.2 Å². The van der Waals surface area contributed by atoms with Gasteiger partial charge in [0, 0.05) is 5.69 Å². The van der Waals surface area contributed by atoms with Crippen molar-refractivity contribution in [2.45, 2.75) is 31.1 Å². The van der Waals surface area contributed by atoms with E-state index in [9.17, 15) is 9.59 Å². The lowest BCUT2D eigenvalue weighted by atomic mass is 9.80. The van der Waals surface area contributed by atoms with Gasteiger partial charge < -0.3 is 19.5 Å². The molecular formula is C21H23NO5. The van der Waals surface area contributed by atoms with Gasteiger partial charge in [-0.2, -0.15) is 0 Å². The molecule has 0 aliphatic carbocycles. The second-order valence-corrected chi connectivity index (χ2v) is 6.55. The lowest BCUT2D eigenvalue weighted by molar-refractivity contribution is -0.139. The molecule has 2 unspecified atom stereocenters. The molecule has 1 N–H and O–H groups in total. The molecule has 27 heavy (non-hydrogen) atoms. The highest BCUT2D eigenvalue weighted by molar-refractivity contribution is 6.05. The van der Waals surface area contributed by atoms with Gasteiger partial charge in [0.1, 0.15) is 11.7 Å². The van der Waals surface area contributed by atoms with Crippen LogP contribution in [-0.2, 0) is 23.8 Å². The highest BCUT2D eigenvalue weighted by atomic mass is 16.6. The van der Waals surface area contributed by atoms with E-state index in [2.05, 4.69) is 11.9 Å². The molecule has 2 aliphatic heterocycles. The molecule has 0 saturated carbocycles. The molecule has 142 valence electrons. The zero-order valence-corrected chi connectivity index (χ0v) is 15.7. The number of nitrogens with one attached hydrogen (secondary N) is 1. The number of ether oxygens (including phenoxy) is 3. The van der Waals surface area contributed by atoms with Gasteiger partial charge in [-0.3, -0.25) is 0 Å². The fourth-order valence-corrected chi connectivity index (χ4v) is 3.60. The summed E-state index contributed by atoms with van der Waals surface area (Å²) < 4.78 is 16.0. The van der Waals surface area contributed by atoms with Gasteiger partial charge in [-0.05, 0) is 31.6 Å². The average molecular weight is 369 g/mol. The van der Waals surface area contributed by atoms with Crippen molar-refractivity contribution in [3.05, 3.63) is 65.8 Å². The quantitative estimate of drug-likeness (QED) is 0.588. The summed E-state index contributed by atoms with van der Waals surface area (Å²) in [5, 5.41) is 3.41. The highest BCUT2D eigenvalue weighted by Gasteiger charge is 2.58. The van der Waals surface area contributed by atoms with E-state index in [1.165, 1.54) is 14.2 Å². The molecule has 0 radical (unpaired) electrons. The van der Waals surface area contributed by atoms with Crippen molar-refractivity contribution >= 4 is 17.6 Å². The van der Waals surface area contributed by atoms with E-state index in [-0.39, 0.29) is 17.2 Å². The van der Waals surface area contributed by atoms with Gasteiger partial charge >= 0.3 is 11.9 Å². The van der Waals surface area contributed by atoms with Crippen LogP contribution < -0.4 is 5.32 Å². The Labute approximate surface area is 158 Å². The van der Waals surface area contributed by atoms with Crippen LogP contribution in [0.25, 0.3) is 0 Å². The van der Waals surface area contributed by atoms with Gasteiger partial charge in [0.05, 0.1) is 31.4 Å². The minimum atomic E-state index is -1.14. The fraction of sp³-hybridized carbons (Fsp3) is 0.333. The summed E-state index contributed by atoms with van der Waals surface area (Å²) in [6.07, 6.45) is 5.19.